The molecule has 0 amide bonds. The predicted molar refractivity (Wildman–Crippen MR) is 34.6 cm³/mol. The predicted octanol–water partition coefficient (Wildman–Crippen LogP) is -0.0611. The summed E-state index contributed by atoms with van der Waals surface area (Å²) in [5.41, 5.74) is 0. The average molecular weight is 112 g/mol. The van der Waals surface area contributed by atoms with Gasteiger partial charge in [-0.1, -0.05) is 6.08 Å². The number of nitrogens with one attached hydrogen (secondary N) is 2. The van der Waals surface area contributed by atoms with Crippen molar-refractivity contribution in [3.63, 3.8) is 0 Å². The Balaban J connectivity index is 2.22. The highest BCUT2D eigenvalue weighted by Gasteiger charge is 2.06. The van der Waals surface area contributed by atoms with Crippen LogP contribution in [0.1, 0.15) is 0 Å². The monoisotopic (exact) mass is 112 g/mol. The minimum absolute atomic E-state index is 0.628. The van der Waals surface area contributed by atoms with E-state index in [0.717, 1.165) is 19.8 Å². The van der Waals surface area contributed by atoms with Crippen LogP contribution in [0, 0.1) is 5.92 Å². The van der Waals surface area contributed by atoms with Crippen molar-refractivity contribution in [1.29, 1.82) is 0 Å². The van der Waals surface area contributed by atoms with E-state index < -0.39 is 0 Å². The summed E-state index contributed by atoms with van der Waals surface area (Å²) in [5.74, 6) is 0.628. The molecule has 1 aliphatic rings. The van der Waals surface area contributed by atoms with Gasteiger partial charge in [-0.05, 0) is 0 Å². The molecule has 0 atom stereocenters. The first-order valence-corrected chi connectivity index (χ1v) is 2.97. The van der Waals surface area contributed by atoms with E-state index in [2.05, 4.69) is 17.2 Å². The van der Waals surface area contributed by atoms with Crippen LogP contribution < -0.4 is 10.6 Å². The molecule has 0 radical (unpaired) electrons. The summed E-state index contributed by atoms with van der Waals surface area (Å²) in [6.07, 6.45) is 1.99. The first-order chi connectivity index (χ1) is 3.93. The lowest BCUT2D eigenvalue weighted by Crippen LogP contribution is -2.42. The SMILES string of the molecule is C=CC1CNCNC1. The molecule has 1 rings (SSSR count). The van der Waals surface area contributed by atoms with Crippen LogP contribution >= 0.6 is 0 Å². The molecule has 0 aromatic heterocycles. The topological polar surface area (TPSA) is 24.1 Å². The molecular weight excluding hydrogens is 100 g/mol. The van der Waals surface area contributed by atoms with Gasteiger partial charge in [-0.15, -0.1) is 6.58 Å². The Kier molecular flexibility index (Phi) is 2.06. The highest BCUT2D eigenvalue weighted by atomic mass is 15.1. The van der Waals surface area contributed by atoms with Crippen LogP contribution in [0.2, 0.25) is 0 Å². The Labute approximate surface area is 50.0 Å². The lowest BCUT2D eigenvalue weighted by molar-refractivity contribution is 0.427. The second-order valence-corrected chi connectivity index (χ2v) is 2.08. The van der Waals surface area contributed by atoms with Crippen LogP contribution in [-0.4, -0.2) is 19.8 Å². The minimum atomic E-state index is 0.628. The van der Waals surface area contributed by atoms with E-state index in [4.69, 9.17) is 0 Å². The van der Waals surface area contributed by atoms with Gasteiger partial charge < -0.3 is 10.6 Å². The third kappa shape index (κ3) is 1.32. The van der Waals surface area contributed by atoms with Crippen LogP contribution in [-0.2, 0) is 0 Å². The Morgan fingerprint density at radius 2 is 2.00 bits per heavy atom. The van der Waals surface area contributed by atoms with E-state index >= 15 is 0 Å². The Hall–Kier alpha value is -0.340. The summed E-state index contributed by atoms with van der Waals surface area (Å²) in [6.45, 7) is 6.81. The molecule has 2 nitrogen and oxygen atoms in total. The summed E-state index contributed by atoms with van der Waals surface area (Å²) in [4.78, 5) is 0. The van der Waals surface area contributed by atoms with Crippen LogP contribution in [0.3, 0.4) is 0 Å². The fraction of sp³-hybridized carbons (Fsp3) is 0.667. The molecule has 1 heterocycles. The van der Waals surface area contributed by atoms with Crippen molar-refractivity contribution in [3.05, 3.63) is 12.7 Å². The van der Waals surface area contributed by atoms with Crippen LogP contribution in [0.4, 0.5) is 0 Å². The molecule has 2 heteroatoms. The zero-order valence-corrected chi connectivity index (χ0v) is 4.98. The van der Waals surface area contributed by atoms with Gasteiger partial charge in [0.2, 0.25) is 0 Å². The van der Waals surface area contributed by atoms with E-state index in [1.807, 2.05) is 6.08 Å². The van der Waals surface area contributed by atoms with Gasteiger partial charge in [0.25, 0.3) is 0 Å². The second kappa shape index (κ2) is 2.84. The molecule has 0 aromatic rings. The summed E-state index contributed by atoms with van der Waals surface area (Å²) < 4.78 is 0. The number of rotatable bonds is 1. The molecule has 0 spiro atoms. The first kappa shape index (κ1) is 5.79. The van der Waals surface area contributed by atoms with Gasteiger partial charge in [0.15, 0.2) is 0 Å². The average Bonchev–Trinajstić information content (AvgIpc) is 1.90. The van der Waals surface area contributed by atoms with Crippen LogP contribution in [0.25, 0.3) is 0 Å². The van der Waals surface area contributed by atoms with E-state index in [1.165, 1.54) is 0 Å². The third-order valence-corrected chi connectivity index (χ3v) is 1.40. The lowest BCUT2D eigenvalue weighted by Gasteiger charge is -2.20. The zero-order chi connectivity index (χ0) is 5.82. The van der Waals surface area contributed by atoms with Gasteiger partial charge >= 0.3 is 0 Å². The molecule has 0 saturated carbocycles. The second-order valence-electron chi connectivity index (χ2n) is 2.08. The van der Waals surface area contributed by atoms with E-state index in [-0.39, 0.29) is 0 Å². The summed E-state index contributed by atoms with van der Waals surface area (Å²) in [6, 6.07) is 0. The van der Waals surface area contributed by atoms with Gasteiger partial charge in [-0.2, -0.15) is 0 Å². The van der Waals surface area contributed by atoms with Crippen molar-refractivity contribution in [2.75, 3.05) is 19.8 Å². The van der Waals surface area contributed by atoms with E-state index in [1.54, 1.807) is 0 Å². The van der Waals surface area contributed by atoms with Gasteiger partial charge in [-0.25, -0.2) is 0 Å². The summed E-state index contributed by atoms with van der Waals surface area (Å²) in [5, 5.41) is 6.41. The molecule has 46 valence electrons. The quantitative estimate of drug-likeness (QED) is 0.464. The summed E-state index contributed by atoms with van der Waals surface area (Å²) in [7, 11) is 0. The molecular formula is C6H12N2. The smallest absolute Gasteiger partial charge is 0.0454 e. The van der Waals surface area contributed by atoms with Gasteiger partial charge in [0.05, 0.1) is 0 Å². The molecule has 0 aliphatic carbocycles. The Bertz CT molecular complexity index is 74.6. The fourth-order valence-electron chi connectivity index (χ4n) is 0.842. The standard InChI is InChI=1S/C6H12N2/c1-2-6-3-7-5-8-4-6/h2,6-8H,1,3-5H2. The Morgan fingerprint density at radius 3 is 2.38 bits per heavy atom. The van der Waals surface area contributed by atoms with Crippen molar-refractivity contribution in [3.8, 4) is 0 Å². The fourth-order valence-corrected chi connectivity index (χ4v) is 0.842. The molecule has 8 heavy (non-hydrogen) atoms. The van der Waals surface area contributed by atoms with Gasteiger partial charge in [0, 0.05) is 25.7 Å². The van der Waals surface area contributed by atoms with Crippen molar-refractivity contribution >= 4 is 0 Å². The Morgan fingerprint density at radius 1 is 1.38 bits per heavy atom. The maximum absolute atomic E-state index is 3.70. The van der Waals surface area contributed by atoms with E-state index in [9.17, 15) is 0 Å². The van der Waals surface area contributed by atoms with Crippen LogP contribution in [0.5, 0.6) is 0 Å². The van der Waals surface area contributed by atoms with Crippen LogP contribution in [0.15, 0.2) is 12.7 Å². The molecule has 0 unspecified atom stereocenters. The maximum Gasteiger partial charge on any atom is 0.0454 e. The molecule has 0 aromatic carbocycles. The lowest BCUT2D eigenvalue weighted by atomic mass is 10.1. The van der Waals surface area contributed by atoms with E-state index in [0.29, 0.717) is 5.92 Å². The molecule has 2 N–H and O–H groups in total. The zero-order valence-electron chi connectivity index (χ0n) is 4.98. The molecule has 1 aliphatic heterocycles. The van der Waals surface area contributed by atoms with Gasteiger partial charge in [0.1, 0.15) is 0 Å². The minimum Gasteiger partial charge on any atom is -0.304 e. The molecule has 1 saturated heterocycles. The van der Waals surface area contributed by atoms with Gasteiger partial charge in [-0.3, -0.25) is 0 Å². The third-order valence-electron chi connectivity index (χ3n) is 1.40. The summed E-state index contributed by atoms with van der Waals surface area (Å²) >= 11 is 0. The molecule has 0 bridgehead atoms. The van der Waals surface area contributed by atoms with Crippen molar-refractivity contribution in [1.82, 2.24) is 10.6 Å². The van der Waals surface area contributed by atoms with Crippen molar-refractivity contribution in [2.24, 2.45) is 5.92 Å². The highest BCUT2D eigenvalue weighted by Crippen LogP contribution is 1.95. The molecule has 1 fully saturated rings. The normalized spacial score (nSPS) is 23.0. The highest BCUT2D eigenvalue weighted by molar-refractivity contribution is 4.84. The first-order valence-electron chi connectivity index (χ1n) is 2.97. The number of hydrogen-bond donors (Lipinski definition) is 2. The largest absolute Gasteiger partial charge is 0.304 e. The number of hydrogen-bond acceptors (Lipinski definition) is 2. The van der Waals surface area contributed by atoms with Crippen molar-refractivity contribution < 1.29 is 0 Å². The maximum atomic E-state index is 3.70. The van der Waals surface area contributed by atoms with Crippen molar-refractivity contribution in [2.45, 2.75) is 0 Å².